The van der Waals surface area contributed by atoms with Crippen molar-refractivity contribution in [1.29, 1.82) is 0 Å². The van der Waals surface area contributed by atoms with Crippen molar-refractivity contribution in [3.63, 3.8) is 0 Å². The van der Waals surface area contributed by atoms with E-state index < -0.39 is 0 Å². The number of carbonyl (C=O) groups excluding carboxylic acids is 1. The smallest absolute Gasteiger partial charge is 0.251 e. The molecule has 1 amide bonds. The SMILES string of the molecule is Cn1ccc(C(=O)NCC2(CCl)CCCCC2)cc1=O. The van der Waals surface area contributed by atoms with Crippen molar-refractivity contribution in [3.8, 4) is 0 Å². The summed E-state index contributed by atoms with van der Waals surface area (Å²) in [5.41, 5.74) is 0.255. The second-order valence-corrected chi connectivity index (χ2v) is 6.01. The van der Waals surface area contributed by atoms with Gasteiger partial charge in [0, 0.05) is 42.7 Å². The van der Waals surface area contributed by atoms with E-state index in [-0.39, 0.29) is 16.9 Å². The van der Waals surface area contributed by atoms with Gasteiger partial charge in [0.2, 0.25) is 0 Å². The molecule has 0 unspecified atom stereocenters. The van der Waals surface area contributed by atoms with Gasteiger partial charge in [-0.25, -0.2) is 0 Å². The quantitative estimate of drug-likeness (QED) is 0.867. The first kappa shape index (κ1) is 15.1. The van der Waals surface area contributed by atoms with Crippen molar-refractivity contribution >= 4 is 17.5 Å². The van der Waals surface area contributed by atoms with Crippen molar-refractivity contribution in [3.05, 3.63) is 34.2 Å². The number of halogens is 1. The fraction of sp³-hybridized carbons (Fsp3) is 0.600. The molecule has 0 aliphatic heterocycles. The largest absolute Gasteiger partial charge is 0.351 e. The Bertz CT molecular complexity index is 533. The molecule has 1 aliphatic rings. The third kappa shape index (κ3) is 3.42. The molecule has 1 heterocycles. The summed E-state index contributed by atoms with van der Waals surface area (Å²) in [5, 5.41) is 2.94. The molecule has 0 radical (unpaired) electrons. The molecule has 4 nitrogen and oxygen atoms in total. The number of pyridine rings is 1. The van der Waals surface area contributed by atoms with Crippen LogP contribution in [0.4, 0.5) is 0 Å². The predicted octanol–water partition coefficient (Wildman–Crippen LogP) is 2.30. The topological polar surface area (TPSA) is 51.1 Å². The molecular formula is C15H21ClN2O2. The maximum absolute atomic E-state index is 12.1. The molecule has 5 heteroatoms. The van der Waals surface area contributed by atoms with Crippen molar-refractivity contribution in [2.75, 3.05) is 12.4 Å². The number of nitrogens with one attached hydrogen (secondary N) is 1. The van der Waals surface area contributed by atoms with Crippen LogP contribution in [-0.2, 0) is 7.05 Å². The van der Waals surface area contributed by atoms with Gasteiger partial charge in [-0.3, -0.25) is 9.59 Å². The summed E-state index contributed by atoms with van der Waals surface area (Å²) in [6.07, 6.45) is 7.33. The van der Waals surface area contributed by atoms with E-state index in [1.165, 1.54) is 29.9 Å². The van der Waals surface area contributed by atoms with Gasteiger partial charge in [-0.15, -0.1) is 11.6 Å². The summed E-state index contributed by atoms with van der Waals surface area (Å²) in [7, 11) is 1.66. The lowest BCUT2D eigenvalue weighted by atomic mass is 9.75. The second kappa shape index (κ2) is 6.44. The number of aryl methyl sites for hydroxylation is 1. The second-order valence-electron chi connectivity index (χ2n) is 5.74. The number of alkyl halides is 1. The van der Waals surface area contributed by atoms with Crippen molar-refractivity contribution < 1.29 is 4.79 Å². The van der Waals surface area contributed by atoms with Crippen LogP contribution in [0.25, 0.3) is 0 Å². The molecule has 1 aliphatic carbocycles. The maximum Gasteiger partial charge on any atom is 0.251 e. The van der Waals surface area contributed by atoms with Crippen molar-refractivity contribution in [1.82, 2.24) is 9.88 Å². The van der Waals surface area contributed by atoms with Gasteiger partial charge in [0.15, 0.2) is 0 Å². The Morgan fingerprint density at radius 3 is 2.70 bits per heavy atom. The van der Waals surface area contributed by atoms with Gasteiger partial charge in [-0.05, 0) is 18.9 Å². The third-order valence-corrected chi connectivity index (χ3v) is 4.76. The molecule has 20 heavy (non-hydrogen) atoms. The zero-order chi connectivity index (χ0) is 14.6. The Hall–Kier alpha value is -1.29. The lowest BCUT2D eigenvalue weighted by molar-refractivity contribution is 0.0920. The first-order valence-electron chi connectivity index (χ1n) is 7.07. The summed E-state index contributed by atoms with van der Waals surface area (Å²) in [5.74, 6) is 0.377. The van der Waals surface area contributed by atoms with Gasteiger partial charge < -0.3 is 9.88 Å². The van der Waals surface area contributed by atoms with E-state index in [0.717, 1.165) is 12.8 Å². The summed E-state index contributed by atoms with van der Waals surface area (Å²) in [6.45, 7) is 0.588. The number of rotatable bonds is 4. The molecule has 1 N–H and O–H groups in total. The lowest BCUT2D eigenvalue weighted by Gasteiger charge is -2.35. The number of aromatic nitrogens is 1. The fourth-order valence-electron chi connectivity index (χ4n) is 2.72. The number of nitrogens with zero attached hydrogens (tertiary/aromatic N) is 1. The zero-order valence-electron chi connectivity index (χ0n) is 11.8. The maximum atomic E-state index is 12.1. The number of amides is 1. The van der Waals surface area contributed by atoms with E-state index in [1.807, 2.05) is 0 Å². The first-order chi connectivity index (χ1) is 9.56. The van der Waals surface area contributed by atoms with Crippen LogP contribution < -0.4 is 10.9 Å². The average Bonchev–Trinajstić information content (AvgIpc) is 2.48. The molecule has 1 fully saturated rings. The monoisotopic (exact) mass is 296 g/mol. The highest BCUT2D eigenvalue weighted by Crippen LogP contribution is 2.36. The van der Waals surface area contributed by atoms with E-state index in [1.54, 1.807) is 19.3 Å². The summed E-state index contributed by atoms with van der Waals surface area (Å²) < 4.78 is 1.44. The van der Waals surface area contributed by atoms with E-state index in [4.69, 9.17) is 11.6 Å². The molecule has 0 atom stereocenters. The fourth-order valence-corrected chi connectivity index (χ4v) is 3.08. The molecule has 0 aromatic carbocycles. The van der Waals surface area contributed by atoms with Crippen LogP contribution in [-0.4, -0.2) is 22.9 Å². The Balaban J connectivity index is 2.00. The van der Waals surface area contributed by atoms with Gasteiger partial charge >= 0.3 is 0 Å². The van der Waals surface area contributed by atoms with E-state index in [9.17, 15) is 9.59 Å². The number of hydrogen-bond acceptors (Lipinski definition) is 2. The van der Waals surface area contributed by atoms with Crippen molar-refractivity contribution in [2.24, 2.45) is 12.5 Å². The molecule has 1 aromatic heterocycles. The van der Waals surface area contributed by atoms with E-state index in [0.29, 0.717) is 18.0 Å². The standard InChI is InChI=1S/C15H21ClN2O2/c1-18-8-5-12(9-13(18)19)14(20)17-11-15(10-16)6-3-2-4-7-15/h5,8-9H,2-4,6-7,10-11H2,1H3,(H,17,20). The number of hydrogen-bond donors (Lipinski definition) is 1. The van der Waals surface area contributed by atoms with E-state index >= 15 is 0 Å². The molecule has 110 valence electrons. The van der Waals surface area contributed by atoms with Crippen molar-refractivity contribution in [2.45, 2.75) is 32.1 Å². The van der Waals surface area contributed by atoms with Gasteiger partial charge in [-0.1, -0.05) is 19.3 Å². The van der Waals surface area contributed by atoms with Crippen LogP contribution in [0.1, 0.15) is 42.5 Å². The van der Waals surface area contributed by atoms with Crippen LogP contribution in [0.15, 0.2) is 23.1 Å². The predicted molar refractivity (Wildman–Crippen MR) is 80.3 cm³/mol. The Kier molecular flexibility index (Phi) is 4.86. The van der Waals surface area contributed by atoms with Crippen LogP contribution in [0.3, 0.4) is 0 Å². The van der Waals surface area contributed by atoms with Gasteiger partial charge in [0.25, 0.3) is 11.5 Å². The minimum Gasteiger partial charge on any atom is -0.351 e. The Labute approximate surface area is 124 Å². The minimum atomic E-state index is -0.197. The minimum absolute atomic E-state index is 0.0230. The Morgan fingerprint density at radius 1 is 1.40 bits per heavy atom. The highest BCUT2D eigenvalue weighted by atomic mass is 35.5. The molecule has 0 spiro atoms. The molecule has 0 bridgehead atoms. The summed E-state index contributed by atoms with van der Waals surface area (Å²) in [4.78, 5) is 23.6. The first-order valence-corrected chi connectivity index (χ1v) is 7.61. The molecule has 0 saturated heterocycles. The lowest BCUT2D eigenvalue weighted by Crippen LogP contribution is -2.40. The normalized spacial score (nSPS) is 17.7. The van der Waals surface area contributed by atoms with Gasteiger partial charge in [0.05, 0.1) is 0 Å². The zero-order valence-corrected chi connectivity index (χ0v) is 12.6. The number of carbonyl (C=O) groups is 1. The van der Waals surface area contributed by atoms with Gasteiger partial charge in [0.1, 0.15) is 0 Å². The Morgan fingerprint density at radius 2 is 2.10 bits per heavy atom. The van der Waals surface area contributed by atoms with Gasteiger partial charge in [-0.2, -0.15) is 0 Å². The molecular weight excluding hydrogens is 276 g/mol. The molecule has 1 aromatic rings. The summed E-state index contributed by atoms with van der Waals surface area (Å²) >= 11 is 6.11. The van der Waals surface area contributed by atoms with Crippen LogP contribution >= 0.6 is 11.6 Å². The highest BCUT2D eigenvalue weighted by Gasteiger charge is 2.31. The average molecular weight is 297 g/mol. The van der Waals surface area contributed by atoms with Crippen LogP contribution in [0, 0.1) is 5.41 Å². The molecule has 1 saturated carbocycles. The van der Waals surface area contributed by atoms with Crippen LogP contribution in [0.5, 0.6) is 0 Å². The summed E-state index contributed by atoms with van der Waals surface area (Å²) in [6, 6.07) is 3.02. The molecule has 2 rings (SSSR count). The van der Waals surface area contributed by atoms with E-state index in [2.05, 4.69) is 5.32 Å². The third-order valence-electron chi connectivity index (χ3n) is 4.19. The highest BCUT2D eigenvalue weighted by molar-refractivity contribution is 6.18. The van der Waals surface area contributed by atoms with Crippen LogP contribution in [0.2, 0.25) is 0 Å².